The monoisotopic (exact) mass is 268 g/mol. The zero-order chi connectivity index (χ0) is 14.6. The summed E-state index contributed by atoms with van der Waals surface area (Å²) >= 11 is 0. The zero-order valence-electron chi connectivity index (χ0n) is 10.7. The van der Waals surface area contributed by atoms with E-state index >= 15 is 0 Å². The number of carboxylic acids is 1. The van der Waals surface area contributed by atoms with E-state index in [1.165, 1.54) is 6.07 Å². The Hall–Kier alpha value is -2.31. The molecule has 1 rings (SSSR count). The van der Waals surface area contributed by atoms with Crippen molar-refractivity contribution < 1.29 is 23.9 Å². The normalized spacial score (nSPS) is 11.9. The quantitative estimate of drug-likeness (QED) is 0.686. The standard InChI is InChI=1S/C12H16N2O5/c1-6-5-8(7(2)19-6)11(16)14-9(12(17)18)3-4-10(13)15/h5,9H,3-4H2,1-2H3,(H2,13,15)(H,14,16)(H,17,18). The number of rotatable bonds is 6. The highest BCUT2D eigenvalue weighted by Gasteiger charge is 2.23. The number of amides is 2. The van der Waals surface area contributed by atoms with E-state index in [0.29, 0.717) is 11.5 Å². The SMILES string of the molecule is Cc1cc(C(=O)NC(CCC(N)=O)C(=O)O)c(C)o1. The smallest absolute Gasteiger partial charge is 0.326 e. The van der Waals surface area contributed by atoms with Gasteiger partial charge in [-0.15, -0.1) is 0 Å². The fraction of sp³-hybridized carbons (Fsp3) is 0.417. The third-order valence-corrected chi connectivity index (χ3v) is 2.57. The second kappa shape index (κ2) is 6.03. The molecule has 1 aromatic rings. The Morgan fingerprint density at radius 2 is 2.05 bits per heavy atom. The molecular formula is C12H16N2O5. The molecule has 1 atom stereocenters. The lowest BCUT2D eigenvalue weighted by Gasteiger charge is -2.13. The molecule has 19 heavy (non-hydrogen) atoms. The molecule has 0 saturated heterocycles. The Kier molecular flexibility index (Phi) is 4.68. The Morgan fingerprint density at radius 1 is 1.42 bits per heavy atom. The Labute approximate surface area is 109 Å². The first-order chi connectivity index (χ1) is 8.81. The zero-order valence-corrected chi connectivity index (χ0v) is 10.7. The van der Waals surface area contributed by atoms with Gasteiger partial charge < -0.3 is 20.6 Å². The number of carbonyl (C=O) groups is 3. The number of aryl methyl sites for hydroxylation is 2. The fourth-order valence-corrected chi connectivity index (χ4v) is 1.64. The summed E-state index contributed by atoms with van der Waals surface area (Å²) in [6, 6.07) is 0.368. The van der Waals surface area contributed by atoms with Crippen molar-refractivity contribution >= 4 is 17.8 Å². The average molecular weight is 268 g/mol. The molecule has 4 N–H and O–H groups in total. The topological polar surface area (TPSA) is 123 Å². The van der Waals surface area contributed by atoms with Gasteiger partial charge in [0, 0.05) is 6.42 Å². The second-order valence-corrected chi connectivity index (χ2v) is 4.20. The maximum atomic E-state index is 11.9. The summed E-state index contributed by atoms with van der Waals surface area (Å²) in [6.07, 6.45) is -0.160. The van der Waals surface area contributed by atoms with E-state index in [2.05, 4.69) is 5.32 Å². The van der Waals surface area contributed by atoms with Crippen LogP contribution >= 0.6 is 0 Å². The van der Waals surface area contributed by atoms with Crippen LogP contribution in [0.25, 0.3) is 0 Å². The van der Waals surface area contributed by atoms with Crippen molar-refractivity contribution in [1.29, 1.82) is 0 Å². The molecule has 0 fully saturated rings. The molecule has 0 aliphatic rings. The number of carbonyl (C=O) groups excluding carboxylic acids is 2. The molecule has 0 spiro atoms. The van der Waals surface area contributed by atoms with Crippen LogP contribution in [0.15, 0.2) is 10.5 Å². The van der Waals surface area contributed by atoms with Crippen LogP contribution in [0.1, 0.15) is 34.7 Å². The van der Waals surface area contributed by atoms with Gasteiger partial charge in [0.15, 0.2) is 0 Å². The van der Waals surface area contributed by atoms with Crippen LogP contribution in [0.5, 0.6) is 0 Å². The van der Waals surface area contributed by atoms with E-state index in [0.717, 1.165) is 0 Å². The van der Waals surface area contributed by atoms with E-state index in [1.54, 1.807) is 13.8 Å². The Morgan fingerprint density at radius 3 is 2.47 bits per heavy atom. The van der Waals surface area contributed by atoms with Gasteiger partial charge >= 0.3 is 5.97 Å². The molecule has 0 saturated carbocycles. The minimum atomic E-state index is -1.22. The molecule has 2 amide bonds. The maximum absolute atomic E-state index is 11.9. The van der Waals surface area contributed by atoms with E-state index < -0.39 is 23.8 Å². The van der Waals surface area contributed by atoms with Gasteiger partial charge in [0.2, 0.25) is 5.91 Å². The van der Waals surface area contributed by atoms with E-state index in [9.17, 15) is 14.4 Å². The number of nitrogens with one attached hydrogen (secondary N) is 1. The first kappa shape index (κ1) is 14.7. The van der Waals surface area contributed by atoms with Crippen molar-refractivity contribution in [1.82, 2.24) is 5.32 Å². The van der Waals surface area contributed by atoms with Gasteiger partial charge in [-0.3, -0.25) is 9.59 Å². The highest BCUT2D eigenvalue weighted by atomic mass is 16.4. The van der Waals surface area contributed by atoms with Crippen LogP contribution in [0.4, 0.5) is 0 Å². The Balaban J connectivity index is 2.74. The summed E-state index contributed by atoms with van der Waals surface area (Å²) in [7, 11) is 0. The van der Waals surface area contributed by atoms with E-state index in [-0.39, 0.29) is 18.4 Å². The van der Waals surface area contributed by atoms with Crippen LogP contribution < -0.4 is 11.1 Å². The number of primary amides is 1. The third-order valence-electron chi connectivity index (χ3n) is 2.57. The highest BCUT2D eigenvalue weighted by Crippen LogP contribution is 2.14. The fourth-order valence-electron chi connectivity index (χ4n) is 1.64. The van der Waals surface area contributed by atoms with Crippen molar-refractivity contribution in [3.8, 4) is 0 Å². The summed E-state index contributed by atoms with van der Waals surface area (Å²) < 4.78 is 5.19. The predicted molar refractivity (Wildman–Crippen MR) is 65.5 cm³/mol. The van der Waals surface area contributed by atoms with Crippen LogP contribution in [-0.4, -0.2) is 28.9 Å². The van der Waals surface area contributed by atoms with Crippen LogP contribution in [-0.2, 0) is 9.59 Å². The molecule has 0 aromatic carbocycles. The van der Waals surface area contributed by atoms with Crippen molar-refractivity contribution in [2.75, 3.05) is 0 Å². The largest absolute Gasteiger partial charge is 0.480 e. The lowest BCUT2D eigenvalue weighted by atomic mass is 10.1. The second-order valence-electron chi connectivity index (χ2n) is 4.20. The summed E-state index contributed by atoms with van der Waals surface area (Å²) in [6.45, 7) is 3.30. The number of furan rings is 1. The first-order valence-electron chi connectivity index (χ1n) is 5.70. The molecule has 1 aromatic heterocycles. The number of aliphatic carboxylic acids is 1. The van der Waals surface area contributed by atoms with Crippen LogP contribution in [0.3, 0.4) is 0 Å². The van der Waals surface area contributed by atoms with Crippen molar-refractivity contribution in [2.45, 2.75) is 32.7 Å². The van der Waals surface area contributed by atoms with Gasteiger partial charge in [0.1, 0.15) is 17.6 Å². The van der Waals surface area contributed by atoms with Crippen molar-refractivity contribution in [2.24, 2.45) is 5.73 Å². The van der Waals surface area contributed by atoms with Gasteiger partial charge in [0.25, 0.3) is 5.91 Å². The lowest BCUT2D eigenvalue weighted by molar-refractivity contribution is -0.139. The minimum absolute atomic E-state index is 0.0493. The lowest BCUT2D eigenvalue weighted by Crippen LogP contribution is -2.41. The molecule has 1 heterocycles. The molecule has 104 valence electrons. The number of hydrogen-bond acceptors (Lipinski definition) is 4. The van der Waals surface area contributed by atoms with Crippen molar-refractivity contribution in [3.63, 3.8) is 0 Å². The molecule has 1 unspecified atom stereocenters. The molecular weight excluding hydrogens is 252 g/mol. The van der Waals surface area contributed by atoms with Gasteiger partial charge in [-0.1, -0.05) is 0 Å². The maximum Gasteiger partial charge on any atom is 0.326 e. The molecule has 0 aliphatic carbocycles. The summed E-state index contributed by atoms with van der Waals surface area (Å²) in [5.41, 5.74) is 5.23. The number of nitrogens with two attached hydrogens (primary N) is 1. The minimum Gasteiger partial charge on any atom is -0.480 e. The average Bonchev–Trinajstić information content (AvgIpc) is 2.62. The molecule has 7 nitrogen and oxygen atoms in total. The van der Waals surface area contributed by atoms with Crippen LogP contribution in [0, 0.1) is 13.8 Å². The molecule has 7 heteroatoms. The van der Waals surface area contributed by atoms with Crippen molar-refractivity contribution in [3.05, 3.63) is 23.2 Å². The van der Waals surface area contributed by atoms with E-state index in [4.69, 9.17) is 15.3 Å². The highest BCUT2D eigenvalue weighted by molar-refractivity contribution is 5.97. The van der Waals surface area contributed by atoms with Gasteiger partial charge in [-0.05, 0) is 26.3 Å². The van der Waals surface area contributed by atoms with Gasteiger partial charge in [0.05, 0.1) is 5.56 Å². The number of carboxylic acid groups (broad SMARTS) is 1. The van der Waals surface area contributed by atoms with Gasteiger partial charge in [-0.25, -0.2) is 4.79 Å². The first-order valence-corrected chi connectivity index (χ1v) is 5.70. The predicted octanol–water partition coefficient (Wildman–Crippen LogP) is 0.345. The number of hydrogen-bond donors (Lipinski definition) is 3. The van der Waals surface area contributed by atoms with Crippen LogP contribution in [0.2, 0.25) is 0 Å². The third kappa shape index (κ3) is 4.13. The molecule has 0 radical (unpaired) electrons. The van der Waals surface area contributed by atoms with Gasteiger partial charge in [-0.2, -0.15) is 0 Å². The molecule has 0 aliphatic heterocycles. The Bertz CT molecular complexity index is 506. The van der Waals surface area contributed by atoms with E-state index in [1.807, 2.05) is 0 Å². The molecule has 0 bridgehead atoms. The summed E-state index contributed by atoms with van der Waals surface area (Å²) in [4.78, 5) is 33.5. The summed E-state index contributed by atoms with van der Waals surface area (Å²) in [5, 5.41) is 11.3. The summed E-state index contributed by atoms with van der Waals surface area (Å²) in [5.74, 6) is -1.41.